The van der Waals surface area contributed by atoms with Crippen molar-refractivity contribution in [2.75, 3.05) is 33.0 Å². The van der Waals surface area contributed by atoms with Crippen LogP contribution < -0.4 is 9.47 Å². The Kier molecular flexibility index (Phi) is 5.21. The van der Waals surface area contributed by atoms with Gasteiger partial charge >= 0.3 is 0 Å². The number of halogens is 1. The first-order valence-electron chi connectivity index (χ1n) is 10.7. The summed E-state index contributed by atoms with van der Waals surface area (Å²) in [6, 6.07) is 20.7. The maximum Gasteiger partial charge on any atom is 0.231 e. The summed E-state index contributed by atoms with van der Waals surface area (Å²) in [5, 5.41) is 0.715. The summed E-state index contributed by atoms with van der Waals surface area (Å²) in [6.45, 7) is 5.03. The zero-order chi connectivity index (χ0) is 21.5. The molecule has 162 valence electrons. The lowest BCUT2D eigenvalue weighted by Gasteiger charge is -2.36. The van der Waals surface area contributed by atoms with Gasteiger partial charge in [0.1, 0.15) is 5.84 Å². The van der Waals surface area contributed by atoms with Gasteiger partial charge in [0.05, 0.1) is 5.69 Å². The van der Waals surface area contributed by atoms with Crippen molar-refractivity contribution in [3.63, 3.8) is 0 Å². The predicted molar refractivity (Wildman–Crippen MR) is 128 cm³/mol. The van der Waals surface area contributed by atoms with Gasteiger partial charge in [-0.3, -0.25) is 4.90 Å². The van der Waals surface area contributed by atoms with Crippen molar-refractivity contribution in [3.8, 4) is 11.5 Å². The molecule has 0 aliphatic carbocycles. The number of hydrogen-bond acceptors (Lipinski definition) is 6. The van der Waals surface area contributed by atoms with E-state index in [0.29, 0.717) is 11.8 Å². The minimum Gasteiger partial charge on any atom is -0.454 e. The Balaban J connectivity index is 1.22. The maximum absolute atomic E-state index is 6.29. The fraction of sp³-hybridized carbons (Fsp3) is 0.240. The van der Waals surface area contributed by atoms with E-state index in [2.05, 4.69) is 52.3 Å². The Morgan fingerprint density at radius 3 is 2.62 bits per heavy atom. The summed E-state index contributed by atoms with van der Waals surface area (Å²) < 4.78 is 11.0. The number of piperazine rings is 1. The number of aliphatic imine (C=N–C) groups is 1. The van der Waals surface area contributed by atoms with E-state index in [-0.39, 0.29) is 0 Å². The molecule has 7 heteroatoms. The highest BCUT2D eigenvalue weighted by Gasteiger charge is 2.25. The van der Waals surface area contributed by atoms with Gasteiger partial charge in [-0.1, -0.05) is 47.6 Å². The van der Waals surface area contributed by atoms with Crippen molar-refractivity contribution in [2.24, 2.45) is 4.99 Å². The third-order valence-corrected chi connectivity index (χ3v) is 7.39. The number of ether oxygens (including phenoxy) is 2. The van der Waals surface area contributed by atoms with Crippen molar-refractivity contribution in [2.45, 2.75) is 16.3 Å². The van der Waals surface area contributed by atoms with Crippen LogP contribution in [0.1, 0.15) is 11.1 Å². The molecule has 0 atom stereocenters. The van der Waals surface area contributed by atoms with Crippen LogP contribution in [0.5, 0.6) is 11.5 Å². The minimum absolute atomic E-state index is 0.313. The summed E-state index contributed by atoms with van der Waals surface area (Å²) in [5.74, 6) is 2.72. The molecular formula is C25H22ClN3O2S. The molecule has 0 amide bonds. The number of rotatable bonds is 2. The van der Waals surface area contributed by atoms with Gasteiger partial charge in [-0.25, -0.2) is 4.99 Å². The zero-order valence-corrected chi connectivity index (χ0v) is 19.0. The van der Waals surface area contributed by atoms with Crippen LogP contribution in [-0.2, 0) is 6.54 Å². The van der Waals surface area contributed by atoms with Crippen molar-refractivity contribution in [1.29, 1.82) is 0 Å². The van der Waals surface area contributed by atoms with Crippen LogP contribution in [0.15, 0.2) is 75.4 Å². The normalized spacial score (nSPS) is 17.4. The van der Waals surface area contributed by atoms with Gasteiger partial charge in [0, 0.05) is 53.1 Å². The Labute approximate surface area is 196 Å². The third-order valence-electron chi connectivity index (χ3n) is 6.01. The Morgan fingerprint density at radius 2 is 1.72 bits per heavy atom. The van der Waals surface area contributed by atoms with Crippen LogP contribution in [0.25, 0.3) is 0 Å². The van der Waals surface area contributed by atoms with Crippen LogP contribution >= 0.6 is 23.4 Å². The molecule has 3 aromatic carbocycles. The highest BCUT2D eigenvalue weighted by molar-refractivity contribution is 7.99. The number of amidine groups is 1. The average Bonchev–Trinajstić information content (AvgIpc) is 3.21. The second-order valence-corrected chi connectivity index (χ2v) is 9.62. The smallest absolute Gasteiger partial charge is 0.231 e. The van der Waals surface area contributed by atoms with Crippen LogP contribution in [0.4, 0.5) is 5.69 Å². The highest BCUT2D eigenvalue weighted by Crippen LogP contribution is 2.42. The molecule has 0 saturated carbocycles. The molecule has 0 N–H and O–H groups in total. The van der Waals surface area contributed by atoms with E-state index in [1.54, 1.807) is 11.8 Å². The molecule has 1 saturated heterocycles. The standard InChI is InChI=1S/C25H22ClN3O2S/c26-18-6-8-24-20(14-18)27-25(19-3-1-2-4-23(19)32-24)29-11-9-28(10-12-29)15-17-5-7-21-22(13-17)31-16-30-21/h1-8,13-14H,9-12,15-16H2. The number of hydrogen-bond donors (Lipinski definition) is 0. The molecule has 1 fully saturated rings. The third kappa shape index (κ3) is 3.83. The first-order chi connectivity index (χ1) is 15.7. The minimum atomic E-state index is 0.313. The highest BCUT2D eigenvalue weighted by atomic mass is 35.5. The molecule has 3 aromatic rings. The first kappa shape index (κ1) is 20.0. The predicted octanol–water partition coefficient (Wildman–Crippen LogP) is 5.43. The molecule has 5 nitrogen and oxygen atoms in total. The summed E-state index contributed by atoms with van der Waals surface area (Å²) in [7, 11) is 0. The molecule has 6 rings (SSSR count). The van der Waals surface area contributed by atoms with Gasteiger partial charge in [-0.15, -0.1) is 0 Å². The Hall–Kier alpha value is -2.67. The van der Waals surface area contributed by atoms with Gasteiger partial charge in [0.15, 0.2) is 11.5 Å². The molecule has 3 aliphatic heterocycles. The second-order valence-electron chi connectivity index (χ2n) is 8.10. The molecule has 0 unspecified atom stereocenters. The molecule has 3 aliphatic rings. The van der Waals surface area contributed by atoms with Crippen LogP contribution in [0.3, 0.4) is 0 Å². The maximum atomic E-state index is 6.29. The number of benzene rings is 3. The molecule has 32 heavy (non-hydrogen) atoms. The monoisotopic (exact) mass is 463 g/mol. The van der Waals surface area contributed by atoms with E-state index in [1.165, 1.54) is 16.0 Å². The number of fused-ring (bicyclic) bond motifs is 3. The largest absolute Gasteiger partial charge is 0.454 e. The fourth-order valence-corrected chi connectivity index (χ4v) is 5.52. The Bertz CT molecular complexity index is 1210. The number of nitrogens with zero attached hydrogens (tertiary/aromatic N) is 3. The quantitative estimate of drug-likeness (QED) is 0.506. The molecular weight excluding hydrogens is 442 g/mol. The van der Waals surface area contributed by atoms with E-state index in [4.69, 9.17) is 26.1 Å². The van der Waals surface area contributed by atoms with Crippen LogP contribution in [0.2, 0.25) is 5.02 Å². The summed E-state index contributed by atoms with van der Waals surface area (Å²) >= 11 is 8.05. The van der Waals surface area contributed by atoms with Crippen LogP contribution in [0, 0.1) is 0 Å². The first-order valence-corrected chi connectivity index (χ1v) is 11.9. The summed E-state index contributed by atoms with van der Waals surface area (Å²) in [5.41, 5.74) is 3.38. The van der Waals surface area contributed by atoms with Crippen molar-refractivity contribution >= 4 is 34.9 Å². The van der Waals surface area contributed by atoms with Crippen molar-refractivity contribution in [1.82, 2.24) is 9.80 Å². The Morgan fingerprint density at radius 1 is 0.875 bits per heavy atom. The van der Waals surface area contributed by atoms with E-state index < -0.39 is 0 Å². The van der Waals surface area contributed by atoms with Gasteiger partial charge < -0.3 is 14.4 Å². The molecule has 0 bridgehead atoms. The topological polar surface area (TPSA) is 37.3 Å². The average molecular weight is 464 g/mol. The SMILES string of the molecule is Clc1ccc2c(c1)N=C(N1CCN(Cc3ccc4c(c3)OCO4)CC1)c1ccccc1S2. The molecule has 3 heterocycles. The molecule has 0 aromatic heterocycles. The van der Waals surface area contributed by atoms with E-state index in [0.717, 1.165) is 60.6 Å². The van der Waals surface area contributed by atoms with E-state index >= 15 is 0 Å². The lowest BCUT2D eigenvalue weighted by Crippen LogP contribution is -2.48. The van der Waals surface area contributed by atoms with E-state index in [9.17, 15) is 0 Å². The van der Waals surface area contributed by atoms with Crippen molar-refractivity contribution < 1.29 is 9.47 Å². The molecule has 0 spiro atoms. The zero-order valence-electron chi connectivity index (χ0n) is 17.5. The lowest BCUT2D eigenvalue weighted by molar-refractivity contribution is 0.172. The lowest BCUT2D eigenvalue weighted by atomic mass is 10.1. The van der Waals surface area contributed by atoms with E-state index in [1.807, 2.05) is 18.2 Å². The van der Waals surface area contributed by atoms with Gasteiger partial charge in [-0.05, 0) is 42.0 Å². The summed E-state index contributed by atoms with van der Waals surface area (Å²) in [4.78, 5) is 12.4. The summed E-state index contributed by atoms with van der Waals surface area (Å²) in [6.07, 6.45) is 0. The van der Waals surface area contributed by atoms with Gasteiger partial charge in [0.2, 0.25) is 6.79 Å². The fourth-order valence-electron chi connectivity index (χ4n) is 4.35. The van der Waals surface area contributed by atoms with Crippen LogP contribution in [-0.4, -0.2) is 48.6 Å². The van der Waals surface area contributed by atoms with Crippen molar-refractivity contribution in [3.05, 3.63) is 76.8 Å². The molecule has 0 radical (unpaired) electrons. The second kappa shape index (κ2) is 8.35. The van der Waals surface area contributed by atoms with Gasteiger partial charge in [0.25, 0.3) is 0 Å². The van der Waals surface area contributed by atoms with Gasteiger partial charge in [-0.2, -0.15) is 0 Å².